The highest BCUT2D eigenvalue weighted by atomic mass is 16.4. The minimum atomic E-state index is -0.705. The Labute approximate surface area is 117 Å². The number of carbonyl (C=O) groups is 1. The molecule has 106 valence electrons. The van der Waals surface area contributed by atoms with Gasteiger partial charge in [-0.1, -0.05) is 6.92 Å². The number of piperidine rings is 1. The van der Waals surface area contributed by atoms with E-state index < -0.39 is 11.4 Å². The minimum absolute atomic E-state index is 0.510. The number of hydrogen-bond acceptors (Lipinski definition) is 4. The van der Waals surface area contributed by atoms with Crippen molar-refractivity contribution >= 4 is 22.8 Å². The zero-order valence-corrected chi connectivity index (χ0v) is 11.5. The van der Waals surface area contributed by atoms with Crippen LogP contribution >= 0.6 is 0 Å². The van der Waals surface area contributed by atoms with E-state index in [-0.39, 0.29) is 0 Å². The fraction of sp³-hybridized carbons (Fsp3) is 0.467. The summed E-state index contributed by atoms with van der Waals surface area (Å²) in [5.74, 6) is 0.124. The van der Waals surface area contributed by atoms with Crippen LogP contribution in [0.3, 0.4) is 0 Å². The van der Waals surface area contributed by atoms with Crippen LogP contribution in [-0.2, 0) is 4.79 Å². The van der Waals surface area contributed by atoms with Crippen LogP contribution in [0.15, 0.2) is 29.0 Å². The van der Waals surface area contributed by atoms with Crippen molar-refractivity contribution in [3.05, 3.63) is 24.6 Å². The third-order valence-corrected chi connectivity index (χ3v) is 4.37. The molecule has 3 heterocycles. The summed E-state index contributed by atoms with van der Waals surface area (Å²) >= 11 is 0. The molecule has 0 aromatic carbocycles. The van der Waals surface area contributed by atoms with Crippen molar-refractivity contribution in [2.24, 2.45) is 5.41 Å². The van der Waals surface area contributed by atoms with Crippen molar-refractivity contribution in [1.82, 2.24) is 4.98 Å². The molecule has 5 heteroatoms. The molecule has 1 saturated heterocycles. The molecule has 0 amide bonds. The molecule has 0 spiro atoms. The number of anilines is 1. The average Bonchev–Trinajstić information content (AvgIpc) is 2.95. The van der Waals surface area contributed by atoms with Crippen LogP contribution in [-0.4, -0.2) is 29.1 Å². The van der Waals surface area contributed by atoms with E-state index in [2.05, 4.69) is 9.88 Å². The Bertz CT molecular complexity index is 637. The maximum Gasteiger partial charge on any atom is 0.311 e. The molecule has 0 bridgehead atoms. The first-order valence-corrected chi connectivity index (χ1v) is 6.97. The van der Waals surface area contributed by atoms with Crippen molar-refractivity contribution < 1.29 is 14.3 Å². The van der Waals surface area contributed by atoms with Gasteiger partial charge in [0.25, 0.3) is 0 Å². The van der Waals surface area contributed by atoms with Gasteiger partial charge in [-0.2, -0.15) is 0 Å². The number of carboxylic acids is 1. The van der Waals surface area contributed by atoms with E-state index in [1.807, 2.05) is 19.1 Å². The van der Waals surface area contributed by atoms with Crippen molar-refractivity contribution in [2.45, 2.75) is 26.2 Å². The molecule has 2 aromatic heterocycles. The number of fused-ring (bicyclic) bond motifs is 1. The SMILES string of the molecule is CCC1(C(=O)O)CCCN(c2nccc3occc23)C1. The molecule has 1 atom stereocenters. The quantitative estimate of drug-likeness (QED) is 0.932. The molecule has 1 fully saturated rings. The maximum atomic E-state index is 11.6. The van der Waals surface area contributed by atoms with Gasteiger partial charge >= 0.3 is 5.97 Å². The van der Waals surface area contributed by atoms with E-state index >= 15 is 0 Å². The van der Waals surface area contributed by atoms with Crippen LogP contribution in [0.4, 0.5) is 5.82 Å². The molecule has 1 aliphatic heterocycles. The number of furan rings is 1. The second-order valence-corrected chi connectivity index (χ2v) is 5.43. The van der Waals surface area contributed by atoms with Gasteiger partial charge in [0, 0.05) is 19.3 Å². The minimum Gasteiger partial charge on any atom is -0.481 e. The first-order chi connectivity index (χ1) is 9.66. The molecule has 0 aliphatic carbocycles. The summed E-state index contributed by atoms with van der Waals surface area (Å²) in [4.78, 5) is 18.1. The Hall–Kier alpha value is -2.04. The molecule has 0 radical (unpaired) electrons. The summed E-state index contributed by atoms with van der Waals surface area (Å²) in [7, 11) is 0. The van der Waals surface area contributed by atoms with Gasteiger partial charge in [0.1, 0.15) is 11.4 Å². The molecule has 3 rings (SSSR count). The third-order valence-electron chi connectivity index (χ3n) is 4.37. The third kappa shape index (κ3) is 1.94. The molecule has 1 aliphatic rings. The van der Waals surface area contributed by atoms with E-state index in [4.69, 9.17) is 4.42 Å². The highest BCUT2D eigenvalue weighted by Crippen LogP contribution is 2.37. The van der Waals surface area contributed by atoms with Crippen molar-refractivity contribution in [3.8, 4) is 0 Å². The standard InChI is InChI=1S/C15H18N2O3/c1-2-15(14(18)19)6-3-8-17(10-15)13-11-5-9-20-12(11)4-7-16-13/h4-5,7,9H,2-3,6,8,10H2,1H3,(H,18,19). The smallest absolute Gasteiger partial charge is 0.311 e. The van der Waals surface area contributed by atoms with Crippen molar-refractivity contribution in [2.75, 3.05) is 18.0 Å². The van der Waals surface area contributed by atoms with Crippen LogP contribution < -0.4 is 4.90 Å². The fourth-order valence-electron chi connectivity index (χ4n) is 3.06. The van der Waals surface area contributed by atoms with Crippen molar-refractivity contribution in [1.29, 1.82) is 0 Å². The van der Waals surface area contributed by atoms with Crippen LogP contribution in [0.2, 0.25) is 0 Å². The van der Waals surface area contributed by atoms with E-state index in [0.717, 1.165) is 36.2 Å². The van der Waals surface area contributed by atoms with Gasteiger partial charge < -0.3 is 14.4 Å². The largest absolute Gasteiger partial charge is 0.481 e. The first kappa shape index (κ1) is 13.0. The summed E-state index contributed by atoms with van der Waals surface area (Å²) in [5.41, 5.74) is 0.129. The average molecular weight is 274 g/mol. The number of hydrogen-bond donors (Lipinski definition) is 1. The van der Waals surface area contributed by atoms with Crippen LogP contribution in [0, 0.1) is 5.41 Å². The lowest BCUT2D eigenvalue weighted by atomic mass is 9.77. The van der Waals surface area contributed by atoms with E-state index in [9.17, 15) is 9.90 Å². The van der Waals surface area contributed by atoms with Gasteiger partial charge in [0.2, 0.25) is 0 Å². The number of aromatic nitrogens is 1. The number of carboxylic acid groups (broad SMARTS) is 1. The predicted molar refractivity (Wildman–Crippen MR) is 75.8 cm³/mol. The monoisotopic (exact) mass is 274 g/mol. The normalized spacial score (nSPS) is 23.1. The Kier molecular flexibility index (Phi) is 3.12. The number of pyridine rings is 1. The zero-order chi connectivity index (χ0) is 14.2. The summed E-state index contributed by atoms with van der Waals surface area (Å²) < 4.78 is 5.39. The second-order valence-electron chi connectivity index (χ2n) is 5.43. The highest BCUT2D eigenvalue weighted by molar-refractivity contribution is 5.89. The maximum absolute atomic E-state index is 11.6. The Morgan fingerprint density at radius 1 is 1.55 bits per heavy atom. The van der Waals surface area contributed by atoms with Gasteiger partial charge in [-0.25, -0.2) is 4.98 Å². The number of rotatable bonds is 3. The molecule has 1 unspecified atom stereocenters. The molecule has 5 nitrogen and oxygen atoms in total. The second kappa shape index (κ2) is 4.81. The topological polar surface area (TPSA) is 66.6 Å². The summed E-state index contributed by atoms with van der Waals surface area (Å²) in [6.45, 7) is 3.30. The van der Waals surface area contributed by atoms with Gasteiger partial charge in [-0.05, 0) is 31.4 Å². The van der Waals surface area contributed by atoms with Gasteiger partial charge in [0.05, 0.1) is 17.1 Å². The number of aliphatic carboxylic acids is 1. The first-order valence-electron chi connectivity index (χ1n) is 6.97. The van der Waals surface area contributed by atoms with E-state index in [1.54, 1.807) is 12.5 Å². The van der Waals surface area contributed by atoms with Crippen LogP contribution in [0.5, 0.6) is 0 Å². The molecular formula is C15H18N2O3. The molecule has 0 saturated carbocycles. The van der Waals surface area contributed by atoms with E-state index in [0.29, 0.717) is 13.0 Å². The fourth-order valence-corrected chi connectivity index (χ4v) is 3.06. The van der Waals surface area contributed by atoms with Gasteiger partial charge in [-0.3, -0.25) is 4.79 Å². The number of nitrogens with zero attached hydrogens (tertiary/aromatic N) is 2. The Morgan fingerprint density at radius 2 is 2.40 bits per heavy atom. The van der Waals surface area contributed by atoms with Crippen LogP contribution in [0.25, 0.3) is 11.0 Å². The van der Waals surface area contributed by atoms with Gasteiger partial charge in [0.15, 0.2) is 0 Å². The molecule has 1 N–H and O–H groups in total. The Balaban J connectivity index is 1.98. The Morgan fingerprint density at radius 3 is 3.15 bits per heavy atom. The zero-order valence-electron chi connectivity index (χ0n) is 11.5. The van der Waals surface area contributed by atoms with E-state index in [1.165, 1.54) is 0 Å². The van der Waals surface area contributed by atoms with Crippen molar-refractivity contribution in [3.63, 3.8) is 0 Å². The van der Waals surface area contributed by atoms with Crippen LogP contribution in [0.1, 0.15) is 26.2 Å². The molecular weight excluding hydrogens is 256 g/mol. The lowest BCUT2D eigenvalue weighted by Gasteiger charge is -2.40. The summed E-state index contributed by atoms with van der Waals surface area (Å²) in [6, 6.07) is 3.72. The lowest BCUT2D eigenvalue weighted by Crippen LogP contribution is -2.48. The predicted octanol–water partition coefficient (Wildman–Crippen LogP) is 2.91. The summed E-state index contributed by atoms with van der Waals surface area (Å²) in [6.07, 6.45) is 5.60. The molecule has 2 aromatic rings. The summed E-state index contributed by atoms with van der Waals surface area (Å²) in [5, 5.41) is 10.5. The molecule has 20 heavy (non-hydrogen) atoms. The highest BCUT2D eigenvalue weighted by Gasteiger charge is 2.41. The van der Waals surface area contributed by atoms with Gasteiger partial charge in [-0.15, -0.1) is 0 Å². The lowest BCUT2D eigenvalue weighted by molar-refractivity contribution is -0.149.